The maximum Gasteiger partial charge on any atom is 0.371 e. The highest BCUT2D eigenvalue weighted by molar-refractivity contribution is 7.89. The molecule has 1 atom stereocenters. The Morgan fingerprint density at radius 3 is 2.62 bits per heavy atom. The quantitative estimate of drug-likeness (QED) is 0.789. The van der Waals surface area contributed by atoms with Crippen LogP contribution in [0.25, 0.3) is 0 Å². The number of carbonyl (C=O) groups excluding carboxylic acids is 1. The Bertz CT molecular complexity index is 711. The third-order valence-electron chi connectivity index (χ3n) is 4.03. The minimum absolute atomic E-state index is 0.214. The molecule has 1 N–H and O–H groups in total. The van der Waals surface area contributed by atoms with Gasteiger partial charge in [-0.1, -0.05) is 6.92 Å². The van der Waals surface area contributed by atoms with Crippen LogP contribution >= 0.6 is 0 Å². The van der Waals surface area contributed by atoms with Gasteiger partial charge >= 0.3 is 5.97 Å². The van der Waals surface area contributed by atoms with Gasteiger partial charge in [0.15, 0.2) is 0 Å². The third-order valence-corrected chi connectivity index (χ3v) is 5.81. The molecule has 0 radical (unpaired) electrons. The number of nitrogens with zero attached hydrogens (tertiary/aromatic N) is 2. The van der Waals surface area contributed by atoms with Crippen LogP contribution < -0.4 is 0 Å². The molecule has 134 valence electrons. The van der Waals surface area contributed by atoms with Crippen LogP contribution in [0.1, 0.15) is 43.7 Å². The first-order chi connectivity index (χ1) is 11.3. The number of rotatable bonds is 7. The molecule has 1 unspecified atom stereocenters. The van der Waals surface area contributed by atoms with E-state index in [1.807, 2.05) is 13.8 Å². The number of carboxylic acids is 1. The Morgan fingerprint density at radius 2 is 2.08 bits per heavy atom. The Kier molecular flexibility index (Phi) is 5.66. The van der Waals surface area contributed by atoms with Crippen LogP contribution in [0.2, 0.25) is 0 Å². The number of carbonyl (C=O) groups is 2. The molecule has 0 aromatic carbocycles. The number of hydrogen-bond acceptors (Lipinski definition) is 5. The average molecular weight is 358 g/mol. The molecule has 1 aliphatic rings. The van der Waals surface area contributed by atoms with Gasteiger partial charge in [-0.15, -0.1) is 0 Å². The molecule has 24 heavy (non-hydrogen) atoms. The van der Waals surface area contributed by atoms with Crippen LogP contribution in [-0.2, 0) is 14.8 Å². The molecule has 0 aliphatic carbocycles. The fraction of sp³-hybridized carbons (Fsp3) is 0.600. The summed E-state index contributed by atoms with van der Waals surface area (Å²) >= 11 is 0. The predicted octanol–water partition coefficient (Wildman–Crippen LogP) is 1.39. The van der Waals surface area contributed by atoms with Crippen LogP contribution in [-0.4, -0.2) is 60.3 Å². The predicted molar refractivity (Wildman–Crippen MR) is 85.1 cm³/mol. The van der Waals surface area contributed by atoms with Crippen molar-refractivity contribution in [2.45, 2.75) is 44.2 Å². The Morgan fingerprint density at radius 1 is 1.38 bits per heavy atom. The van der Waals surface area contributed by atoms with Crippen LogP contribution in [0.5, 0.6) is 0 Å². The zero-order valence-electron chi connectivity index (χ0n) is 13.8. The van der Waals surface area contributed by atoms with Gasteiger partial charge in [-0.25, -0.2) is 13.2 Å². The van der Waals surface area contributed by atoms with Crippen LogP contribution in [0.3, 0.4) is 0 Å². The number of carboxylic acid groups (broad SMARTS) is 1. The molecular formula is C15H22N2O6S. The van der Waals surface area contributed by atoms with E-state index in [1.165, 1.54) is 0 Å². The zero-order chi connectivity index (χ0) is 17.9. The molecule has 1 aliphatic heterocycles. The smallest absolute Gasteiger partial charge is 0.371 e. The molecule has 0 bridgehead atoms. The Hall–Kier alpha value is -1.87. The number of furan rings is 1. The van der Waals surface area contributed by atoms with Gasteiger partial charge in [0.2, 0.25) is 16.8 Å². The summed E-state index contributed by atoms with van der Waals surface area (Å²) < 4.78 is 31.5. The van der Waals surface area contributed by atoms with Crippen molar-refractivity contribution >= 4 is 21.9 Å². The van der Waals surface area contributed by atoms with Gasteiger partial charge < -0.3 is 14.4 Å². The number of hydrogen-bond donors (Lipinski definition) is 1. The first kappa shape index (κ1) is 18.5. The Balaban J connectivity index is 2.27. The van der Waals surface area contributed by atoms with Gasteiger partial charge in [-0.2, -0.15) is 4.31 Å². The van der Waals surface area contributed by atoms with Crippen LogP contribution in [0.15, 0.2) is 21.6 Å². The second-order valence-corrected chi connectivity index (χ2v) is 7.44. The van der Waals surface area contributed by atoms with Crippen molar-refractivity contribution in [3.05, 3.63) is 17.9 Å². The van der Waals surface area contributed by atoms with Crippen molar-refractivity contribution in [2.24, 2.45) is 0 Å². The lowest BCUT2D eigenvalue weighted by Crippen LogP contribution is -2.47. The normalized spacial score (nSPS) is 18.7. The number of amides is 1. The minimum Gasteiger partial charge on any atom is -0.475 e. The van der Waals surface area contributed by atoms with Crippen molar-refractivity contribution in [1.82, 2.24) is 9.21 Å². The molecule has 2 heterocycles. The summed E-state index contributed by atoms with van der Waals surface area (Å²) in [6.45, 7) is 5.11. The summed E-state index contributed by atoms with van der Waals surface area (Å²) in [7, 11) is -4.05. The van der Waals surface area contributed by atoms with Crippen molar-refractivity contribution in [3.63, 3.8) is 0 Å². The lowest BCUT2D eigenvalue weighted by molar-refractivity contribution is -0.134. The van der Waals surface area contributed by atoms with E-state index in [0.717, 1.165) is 22.9 Å². The van der Waals surface area contributed by atoms with Crippen LogP contribution in [0.4, 0.5) is 0 Å². The third kappa shape index (κ3) is 3.46. The fourth-order valence-electron chi connectivity index (χ4n) is 2.87. The highest BCUT2D eigenvalue weighted by Gasteiger charge is 2.42. The summed E-state index contributed by atoms with van der Waals surface area (Å²) in [6, 6.07) is 1.44. The topological polar surface area (TPSA) is 108 Å². The summed E-state index contributed by atoms with van der Waals surface area (Å²) in [6.07, 6.45) is 1.82. The first-order valence-electron chi connectivity index (χ1n) is 7.96. The van der Waals surface area contributed by atoms with Gasteiger partial charge in [0.25, 0.3) is 10.0 Å². The molecule has 2 rings (SSSR count). The van der Waals surface area contributed by atoms with Crippen molar-refractivity contribution in [3.8, 4) is 0 Å². The van der Waals surface area contributed by atoms with Crippen molar-refractivity contribution in [2.75, 3.05) is 19.6 Å². The number of likely N-dealkylation sites (N-methyl/N-ethyl adjacent to an activating group) is 1. The van der Waals surface area contributed by atoms with E-state index >= 15 is 0 Å². The van der Waals surface area contributed by atoms with E-state index in [0.29, 0.717) is 25.9 Å². The zero-order valence-corrected chi connectivity index (χ0v) is 14.6. The molecule has 8 nitrogen and oxygen atoms in total. The molecule has 1 saturated heterocycles. The van der Waals surface area contributed by atoms with E-state index in [-0.39, 0.29) is 12.5 Å². The molecule has 0 saturated carbocycles. The van der Waals surface area contributed by atoms with Crippen LogP contribution in [0, 0.1) is 0 Å². The largest absolute Gasteiger partial charge is 0.475 e. The van der Waals surface area contributed by atoms with E-state index < -0.39 is 32.9 Å². The SMILES string of the molecule is CCCN(CC)C(=O)C1CCCN1S(=O)(=O)c1ccc(C(=O)O)o1. The number of aromatic carboxylic acids is 1. The first-order valence-corrected chi connectivity index (χ1v) is 9.40. The molecule has 1 amide bonds. The van der Waals surface area contributed by atoms with E-state index in [1.54, 1.807) is 4.90 Å². The molecule has 1 aromatic rings. The second-order valence-electron chi connectivity index (χ2n) is 5.62. The fourth-order valence-corrected chi connectivity index (χ4v) is 4.44. The summed E-state index contributed by atoms with van der Waals surface area (Å²) in [5.41, 5.74) is 0. The van der Waals surface area contributed by atoms with Gasteiger partial charge in [-0.3, -0.25) is 4.79 Å². The van der Waals surface area contributed by atoms with Crippen molar-refractivity contribution in [1.29, 1.82) is 0 Å². The molecule has 1 aromatic heterocycles. The average Bonchev–Trinajstić information content (AvgIpc) is 3.20. The standard InChI is InChI=1S/C15H22N2O6S/c1-3-9-16(4-2)14(18)11-6-5-10-17(11)24(21,22)13-8-7-12(23-13)15(19)20/h7-8,11H,3-6,9-10H2,1-2H3,(H,19,20). The van der Waals surface area contributed by atoms with E-state index in [2.05, 4.69) is 0 Å². The van der Waals surface area contributed by atoms with Gasteiger partial charge in [0.1, 0.15) is 6.04 Å². The maximum absolute atomic E-state index is 12.7. The monoisotopic (exact) mass is 358 g/mol. The lowest BCUT2D eigenvalue weighted by Gasteiger charge is -2.28. The summed E-state index contributed by atoms with van der Waals surface area (Å²) in [5, 5.41) is 8.42. The van der Waals surface area contributed by atoms with Gasteiger partial charge in [0.05, 0.1) is 0 Å². The highest BCUT2D eigenvalue weighted by atomic mass is 32.2. The Labute approximate surface area is 141 Å². The lowest BCUT2D eigenvalue weighted by atomic mass is 10.2. The summed E-state index contributed by atoms with van der Waals surface area (Å²) in [4.78, 5) is 25.2. The van der Waals surface area contributed by atoms with E-state index in [4.69, 9.17) is 9.52 Å². The molecule has 0 spiro atoms. The highest BCUT2D eigenvalue weighted by Crippen LogP contribution is 2.28. The van der Waals surface area contributed by atoms with Gasteiger partial charge in [-0.05, 0) is 38.3 Å². The number of sulfonamides is 1. The summed E-state index contributed by atoms with van der Waals surface area (Å²) in [5.74, 6) is -2.01. The molecular weight excluding hydrogens is 336 g/mol. The molecule has 1 fully saturated rings. The maximum atomic E-state index is 12.7. The second kappa shape index (κ2) is 7.35. The minimum atomic E-state index is -4.05. The van der Waals surface area contributed by atoms with Crippen molar-refractivity contribution < 1.29 is 27.5 Å². The van der Waals surface area contributed by atoms with E-state index in [9.17, 15) is 18.0 Å². The molecule has 9 heteroatoms. The van der Waals surface area contributed by atoms with Gasteiger partial charge in [0, 0.05) is 19.6 Å².